The minimum Gasteiger partial charge on any atom is -0.359 e. The van der Waals surface area contributed by atoms with Crippen LogP contribution in [-0.2, 0) is 0 Å². The second-order valence-electron chi connectivity index (χ2n) is 7.02. The SMILES string of the molecule is CC.CC(C)CN(C)c1ccnc(C#N)n1.CC(C)CN(N)c1ccnc(C#N)n1. The van der Waals surface area contributed by atoms with E-state index in [2.05, 4.69) is 47.6 Å². The highest BCUT2D eigenvalue weighted by molar-refractivity contribution is 5.38. The lowest BCUT2D eigenvalue weighted by Crippen LogP contribution is -2.35. The minimum absolute atomic E-state index is 0.140. The highest BCUT2D eigenvalue weighted by Gasteiger charge is 2.07. The molecule has 0 saturated carbocycles. The topological polar surface area (TPSA) is 132 Å². The fourth-order valence-corrected chi connectivity index (χ4v) is 2.31. The van der Waals surface area contributed by atoms with Crippen molar-refractivity contribution >= 4 is 11.6 Å². The molecular weight excluding hydrogens is 378 g/mol. The average molecular weight is 412 g/mol. The smallest absolute Gasteiger partial charge is 0.234 e. The van der Waals surface area contributed by atoms with E-state index >= 15 is 0 Å². The van der Waals surface area contributed by atoms with Gasteiger partial charge in [-0.3, -0.25) is 5.01 Å². The molecule has 0 unspecified atom stereocenters. The van der Waals surface area contributed by atoms with E-state index in [9.17, 15) is 0 Å². The predicted molar refractivity (Wildman–Crippen MR) is 119 cm³/mol. The standard InChI is InChI=1S/C10H14N4.C9H13N5.C2H6/c1-8(2)7-14(3)10-4-5-12-9(6-11)13-10;1-7(2)6-14(11)9-3-4-12-8(5-10)13-9;1-2/h4-5,8H,7H2,1-3H3;3-4,7H,6,11H2,1-2H3;1-2H3. The molecule has 0 aliphatic rings. The summed E-state index contributed by atoms with van der Waals surface area (Å²) in [5.74, 6) is 8.50. The number of hydrogen-bond acceptors (Lipinski definition) is 9. The maximum atomic E-state index is 8.63. The molecular formula is C21H33N9. The van der Waals surface area contributed by atoms with Crippen molar-refractivity contribution in [1.82, 2.24) is 19.9 Å². The summed E-state index contributed by atoms with van der Waals surface area (Å²) in [6.45, 7) is 14.0. The van der Waals surface area contributed by atoms with E-state index in [1.807, 2.05) is 44.0 Å². The monoisotopic (exact) mass is 411 g/mol. The summed E-state index contributed by atoms with van der Waals surface area (Å²) in [7, 11) is 1.96. The molecule has 162 valence electrons. The van der Waals surface area contributed by atoms with E-state index < -0.39 is 0 Å². The highest BCUT2D eigenvalue weighted by atomic mass is 15.4. The fourth-order valence-electron chi connectivity index (χ4n) is 2.31. The third-order valence-corrected chi connectivity index (χ3v) is 3.37. The quantitative estimate of drug-likeness (QED) is 0.562. The van der Waals surface area contributed by atoms with Crippen LogP contribution in [0.1, 0.15) is 53.2 Å². The molecule has 0 spiro atoms. The number of hydrogen-bond donors (Lipinski definition) is 1. The van der Waals surface area contributed by atoms with Crippen LogP contribution in [0.3, 0.4) is 0 Å². The van der Waals surface area contributed by atoms with E-state index in [0.717, 1.165) is 12.4 Å². The van der Waals surface area contributed by atoms with Gasteiger partial charge in [-0.2, -0.15) is 10.5 Å². The Morgan fingerprint density at radius 3 is 1.73 bits per heavy atom. The summed E-state index contributed by atoms with van der Waals surface area (Å²) in [4.78, 5) is 17.7. The summed E-state index contributed by atoms with van der Waals surface area (Å²) in [5, 5.41) is 18.7. The van der Waals surface area contributed by atoms with Crippen LogP contribution >= 0.6 is 0 Å². The zero-order chi connectivity index (χ0) is 23.1. The summed E-state index contributed by atoms with van der Waals surface area (Å²) in [6, 6.07) is 7.29. The van der Waals surface area contributed by atoms with Crippen LogP contribution in [-0.4, -0.2) is 40.1 Å². The van der Waals surface area contributed by atoms with E-state index in [-0.39, 0.29) is 11.6 Å². The molecule has 2 aromatic heterocycles. The van der Waals surface area contributed by atoms with Gasteiger partial charge in [0, 0.05) is 38.6 Å². The molecule has 9 nitrogen and oxygen atoms in total. The van der Waals surface area contributed by atoms with Gasteiger partial charge in [0.2, 0.25) is 11.6 Å². The second kappa shape index (κ2) is 14.7. The molecule has 9 heteroatoms. The van der Waals surface area contributed by atoms with Gasteiger partial charge in [-0.1, -0.05) is 41.5 Å². The van der Waals surface area contributed by atoms with Crippen LogP contribution < -0.4 is 15.8 Å². The first-order valence-corrected chi connectivity index (χ1v) is 9.96. The molecule has 2 heterocycles. The zero-order valence-electron chi connectivity index (χ0n) is 19.0. The van der Waals surface area contributed by atoms with Gasteiger partial charge < -0.3 is 4.90 Å². The first kappa shape index (κ1) is 26.7. The number of anilines is 2. The van der Waals surface area contributed by atoms with Crippen molar-refractivity contribution in [1.29, 1.82) is 10.5 Å². The van der Waals surface area contributed by atoms with Crippen LogP contribution in [0.4, 0.5) is 11.6 Å². The summed E-state index contributed by atoms with van der Waals surface area (Å²) < 4.78 is 0. The predicted octanol–water partition coefficient (Wildman–Crippen LogP) is 3.15. The number of nitriles is 2. The number of nitrogens with zero attached hydrogens (tertiary/aromatic N) is 8. The van der Waals surface area contributed by atoms with Crippen molar-refractivity contribution in [2.75, 3.05) is 30.0 Å². The molecule has 0 radical (unpaired) electrons. The van der Waals surface area contributed by atoms with Crippen LogP contribution in [0.25, 0.3) is 0 Å². The summed E-state index contributed by atoms with van der Waals surface area (Å²) in [5.41, 5.74) is 0. The third-order valence-electron chi connectivity index (χ3n) is 3.37. The first-order chi connectivity index (χ1) is 14.3. The molecule has 0 aliphatic heterocycles. The van der Waals surface area contributed by atoms with Crippen molar-refractivity contribution in [3.8, 4) is 12.1 Å². The highest BCUT2D eigenvalue weighted by Crippen LogP contribution is 2.09. The van der Waals surface area contributed by atoms with E-state index in [4.69, 9.17) is 16.4 Å². The Hall–Kier alpha value is -3.30. The number of rotatable bonds is 6. The lowest BCUT2D eigenvalue weighted by atomic mass is 10.2. The molecule has 2 aromatic rings. The van der Waals surface area contributed by atoms with Gasteiger partial charge in [0.15, 0.2) is 0 Å². The normalized spacial score (nSPS) is 9.47. The van der Waals surface area contributed by atoms with E-state index in [0.29, 0.717) is 24.2 Å². The Kier molecular flexibility index (Phi) is 13.1. The Labute approximate surface area is 180 Å². The molecule has 2 N–H and O–H groups in total. The Bertz CT molecular complexity index is 752. The lowest BCUT2D eigenvalue weighted by molar-refractivity contribution is 0.616. The molecule has 0 aliphatic carbocycles. The van der Waals surface area contributed by atoms with Crippen molar-refractivity contribution < 1.29 is 0 Å². The van der Waals surface area contributed by atoms with Gasteiger partial charge in [-0.15, -0.1) is 0 Å². The van der Waals surface area contributed by atoms with E-state index in [1.165, 1.54) is 11.2 Å². The average Bonchev–Trinajstić information content (AvgIpc) is 2.74. The molecule has 0 bridgehead atoms. The summed E-state index contributed by atoms with van der Waals surface area (Å²) in [6.07, 6.45) is 3.14. The number of aromatic nitrogens is 4. The third kappa shape index (κ3) is 10.3. The molecule has 0 aromatic carbocycles. The van der Waals surface area contributed by atoms with Crippen molar-refractivity contribution in [2.24, 2.45) is 17.7 Å². The van der Waals surface area contributed by atoms with Crippen LogP contribution in [0, 0.1) is 34.5 Å². The number of nitrogens with two attached hydrogens (primary N) is 1. The van der Waals surface area contributed by atoms with Crippen molar-refractivity contribution in [3.63, 3.8) is 0 Å². The maximum absolute atomic E-state index is 8.63. The Balaban J connectivity index is 0.000000518. The molecule has 0 saturated heterocycles. The molecule has 2 rings (SSSR count). The Morgan fingerprint density at radius 1 is 0.867 bits per heavy atom. The van der Waals surface area contributed by atoms with Crippen LogP contribution in [0.2, 0.25) is 0 Å². The fraction of sp³-hybridized carbons (Fsp3) is 0.524. The van der Waals surface area contributed by atoms with Gasteiger partial charge in [-0.25, -0.2) is 25.8 Å². The largest absolute Gasteiger partial charge is 0.359 e. The summed E-state index contributed by atoms with van der Waals surface area (Å²) >= 11 is 0. The van der Waals surface area contributed by atoms with Gasteiger partial charge in [-0.05, 0) is 17.9 Å². The van der Waals surface area contributed by atoms with Gasteiger partial charge in [0.1, 0.15) is 23.8 Å². The van der Waals surface area contributed by atoms with Gasteiger partial charge >= 0.3 is 0 Å². The maximum Gasteiger partial charge on any atom is 0.234 e. The lowest BCUT2D eigenvalue weighted by Gasteiger charge is -2.19. The second-order valence-corrected chi connectivity index (χ2v) is 7.02. The number of hydrazine groups is 1. The first-order valence-electron chi connectivity index (χ1n) is 9.96. The van der Waals surface area contributed by atoms with Crippen molar-refractivity contribution in [3.05, 3.63) is 36.2 Å². The zero-order valence-corrected chi connectivity index (χ0v) is 19.0. The minimum atomic E-state index is 0.140. The molecule has 0 fully saturated rings. The van der Waals surface area contributed by atoms with E-state index in [1.54, 1.807) is 12.3 Å². The van der Waals surface area contributed by atoms with Crippen LogP contribution in [0.15, 0.2) is 24.5 Å². The van der Waals surface area contributed by atoms with Gasteiger partial charge in [0.05, 0.1) is 0 Å². The molecule has 30 heavy (non-hydrogen) atoms. The Morgan fingerprint density at radius 2 is 1.30 bits per heavy atom. The molecule has 0 amide bonds. The van der Waals surface area contributed by atoms with Gasteiger partial charge in [0.25, 0.3) is 0 Å². The molecule has 0 atom stereocenters. The van der Waals surface area contributed by atoms with Crippen molar-refractivity contribution in [2.45, 2.75) is 41.5 Å². The van der Waals surface area contributed by atoms with Crippen LogP contribution in [0.5, 0.6) is 0 Å².